The summed E-state index contributed by atoms with van der Waals surface area (Å²) >= 11 is 13.8. The molecule has 0 aliphatic carbocycles. The van der Waals surface area contributed by atoms with E-state index >= 15 is 0 Å². The number of nitro benzene ring substituents is 1. The molecule has 0 aliphatic rings. The van der Waals surface area contributed by atoms with Gasteiger partial charge in [-0.3, -0.25) is 14.7 Å². The molecule has 5 aromatic rings. The number of hydrogen-bond donors (Lipinski definition) is 1. The number of thioether (sulfide) groups is 1. The van der Waals surface area contributed by atoms with E-state index in [-0.39, 0.29) is 27.0 Å². The first-order valence-corrected chi connectivity index (χ1v) is 16.2. The third-order valence-electron chi connectivity index (χ3n) is 6.50. The lowest BCUT2D eigenvalue weighted by atomic mass is 10.1. The monoisotopic (exact) mass is 653 g/mol. The summed E-state index contributed by atoms with van der Waals surface area (Å²) in [6.07, 6.45) is 0.228. The van der Waals surface area contributed by atoms with Crippen molar-refractivity contribution in [3.05, 3.63) is 140 Å². The second kappa shape index (κ2) is 13.3. The van der Waals surface area contributed by atoms with Crippen molar-refractivity contribution in [1.29, 1.82) is 0 Å². The number of nitro groups is 1. The minimum Gasteiger partial charge on any atom is -0.273 e. The van der Waals surface area contributed by atoms with Gasteiger partial charge in [-0.2, -0.15) is 0 Å². The first kappa shape index (κ1) is 30.7. The van der Waals surface area contributed by atoms with Crippen LogP contribution in [0.4, 0.5) is 5.69 Å². The van der Waals surface area contributed by atoms with Crippen molar-refractivity contribution in [2.24, 2.45) is 0 Å². The minimum atomic E-state index is -4.19. The average molecular weight is 655 g/mol. The number of aryl methyl sites for hydroxylation is 1. The number of hydrogen-bond acceptors (Lipinski definition) is 7. The van der Waals surface area contributed by atoms with Crippen LogP contribution in [0.2, 0.25) is 10.0 Å². The number of halogens is 2. The van der Waals surface area contributed by atoms with Crippen LogP contribution < -0.4 is 4.72 Å². The molecule has 0 fully saturated rings. The molecule has 0 saturated heterocycles. The maximum absolute atomic E-state index is 13.7. The molecule has 43 heavy (non-hydrogen) atoms. The largest absolute Gasteiger partial charge is 0.273 e. The van der Waals surface area contributed by atoms with Crippen LogP contribution in [0.3, 0.4) is 0 Å². The Labute approximate surface area is 263 Å². The van der Waals surface area contributed by atoms with Gasteiger partial charge >= 0.3 is 0 Å². The lowest BCUT2D eigenvalue weighted by molar-refractivity contribution is -0.384. The topological polar surface area (TPSA) is 120 Å². The fourth-order valence-electron chi connectivity index (χ4n) is 4.49. The highest BCUT2D eigenvalue weighted by molar-refractivity contribution is 7.98. The van der Waals surface area contributed by atoms with E-state index in [0.29, 0.717) is 22.4 Å². The molecule has 1 aromatic heterocycles. The Bertz CT molecular complexity index is 1870. The molecule has 1 unspecified atom stereocenters. The molecule has 0 aliphatic heterocycles. The number of non-ortho nitro benzene ring substituents is 1. The summed E-state index contributed by atoms with van der Waals surface area (Å²) in [6, 6.07) is 26.7. The van der Waals surface area contributed by atoms with Gasteiger partial charge in [-0.25, -0.2) is 13.1 Å². The Morgan fingerprint density at radius 3 is 2.35 bits per heavy atom. The highest BCUT2D eigenvalue weighted by atomic mass is 35.5. The van der Waals surface area contributed by atoms with Crippen LogP contribution in [-0.2, 0) is 22.2 Å². The lowest BCUT2D eigenvalue weighted by Gasteiger charge is -2.21. The zero-order valence-electron chi connectivity index (χ0n) is 22.7. The van der Waals surface area contributed by atoms with Crippen LogP contribution in [0, 0.1) is 17.0 Å². The van der Waals surface area contributed by atoms with Crippen molar-refractivity contribution >= 4 is 50.7 Å². The Morgan fingerprint density at radius 1 is 0.930 bits per heavy atom. The molecule has 0 amide bonds. The third kappa shape index (κ3) is 7.43. The van der Waals surface area contributed by atoms with E-state index in [0.717, 1.165) is 16.7 Å². The van der Waals surface area contributed by atoms with Gasteiger partial charge < -0.3 is 0 Å². The fraction of sp³-hybridized carbons (Fsp3) is 0.133. The zero-order valence-corrected chi connectivity index (χ0v) is 25.9. The van der Waals surface area contributed by atoms with E-state index in [4.69, 9.17) is 23.2 Å². The van der Waals surface area contributed by atoms with Gasteiger partial charge in [-0.15, -0.1) is 10.2 Å². The lowest BCUT2D eigenvalue weighted by Crippen LogP contribution is -2.32. The first-order chi connectivity index (χ1) is 20.6. The summed E-state index contributed by atoms with van der Waals surface area (Å²) in [4.78, 5) is 10.7. The number of rotatable bonds is 11. The highest BCUT2D eigenvalue weighted by Crippen LogP contribution is 2.32. The van der Waals surface area contributed by atoms with Crippen molar-refractivity contribution in [3.8, 4) is 5.69 Å². The molecular weight excluding hydrogens is 629 g/mol. The smallest absolute Gasteiger partial charge is 0.269 e. The number of sulfonamides is 1. The van der Waals surface area contributed by atoms with Gasteiger partial charge in [-0.05, 0) is 54.8 Å². The van der Waals surface area contributed by atoms with Crippen LogP contribution in [0.1, 0.15) is 28.6 Å². The molecule has 13 heteroatoms. The summed E-state index contributed by atoms with van der Waals surface area (Å²) in [5, 5.41) is 21.0. The predicted molar refractivity (Wildman–Crippen MR) is 168 cm³/mol. The van der Waals surface area contributed by atoms with E-state index in [9.17, 15) is 18.5 Å². The molecule has 9 nitrogen and oxygen atoms in total. The number of aromatic nitrogens is 3. The van der Waals surface area contributed by atoms with Gasteiger partial charge in [-0.1, -0.05) is 95.1 Å². The number of benzene rings is 4. The van der Waals surface area contributed by atoms with Gasteiger partial charge in [0.15, 0.2) is 11.0 Å². The molecule has 220 valence electrons. The van der Waals surface area contributed by atoms with Crippen LogP contribution in [0.25, 0.3) is 5.69 Å². The van der Waals surface area contributed by atoms with E-state index in [1.54, 1.807) is 16.7 Å². The molecule has 1 N–H and O–H groups in total. The Balaban J connectivity index is 1.61. The van der Waals surface area contributed by atoms with Crippen LogP contribution >= 0.6 is 35.0 Å². The molecular formula is C30H25Cl2N5O4S2. The van der Waals surface area contributed by atoms with Crippen LogP contribution in [0.15, 0.2) is 107 Å². The predicted octanol–water partition coefficient (Wildman–Crippen LogP) is 7.35. The second-order valence-corrected chi connectivity index (χ2v) is 13.1. The molecule has 0 saturated carbocycles. The third-order valence-corrected chi connectivity index (χ3v) is 9.69. The maximum Gasteiger partial charge on any atom is 0.269 e. The standard InChI is InChI=1S/C30H25Cl2N5O4S2/c1-20-6-5-9-22(16-20)19-42-30-34-33-29(36(30)24-11-13-25(14-12-24)37(38)39)27(17-21-7-3-2-4-8-21)35-43(40,41)28-18-23(31)10-15-26(28)32/h2-16,18,27,35H,17,19H2,1H3. The number of nitrogens with one attached hydrogen (secondary N) is 1. The van der Waals surface area contributed by atoms with Gasteiger partial charge in [0, 0.05) is 28.6 Å². The van der Waals surface area contributed by atoms with Crippen molar-refractivity contribution in [2.45, 2.75) is 35.2 Å². The van der Waals surface area contributed by atoms with Gasteiger partial charge in [0.2, 0.25) is 10.0 Å². The Hall–Kier alpha value is -3.74. The van der Waals surface area contributed by atoms with Gasteiger partial charge in [0.25, 0.3) is 5.69 Å². The van der Waals surface area contributed by atoms with E-state index in [1.165, 1.54) is 42.1 Å². The van der Waals surface area contributed by atoms with Crippen LogP contribution in [0.5, 0.6) is 0 Å². The maximum atomic E-state index is 13.7. The van der Waals surface area contributed by atoms with Crippen molar-refractivity contribution in [1.82, 2.24) is 19.5 Å². The van der Waals surface area contributed by atoms with E-state index in [2.05, 4.69) is 21.0 Å². The quantitative estimate of drug-likeness (QED) is 0.0899. The van der Waals surface area contributed by atoms with Crippen molar-refractivity contribution in [3.63, 3.8) is 0 Å². The summed E-state index contributed by atoms with van der Waals surface area (Å²) < 4.78 is 31.9. The molecule has 1 heterocycles. The molecule has 4 aromatic carbocycles. The summed E-state index contributed by atoms with van der Waals surface area (Å²) in [7, 11) is -4.19. The summed E-state index contributed by atoms with van der Waals surface area (Å²) in [5.74, 6) is 0.867. The molecule has 5 rings (SSSR count). The summed E-state index contributed by atoms with van der Waals surface area (Å²) in [5.41, 5.74) is 3.49. The normalized spacial score (nSPS) is 12.3. The SMILES string of the molecule is Cc1cccc(CSc2nnc(C(Cc3ccccc3)NS(=O)(=O)c3cc(Cl)ccc3Cl)n2-c2ccc([N+](=O)[O-])cc2)c1. The molecule has 0 bridgehead atoms. The molecule has 0 radical (unpaired) electrons. The minimum absolute atomic E-state index is 0.0154. The average Bonchev–Trinajstić information content (AvgIpc) is 3.41. The highest BCUT2D eigenvalue weighted by Gasteiger charge is 2.29. The summed E-state index contributed by atoms with van der Waals surface area (Å²) in [6.45, 7) is 2.01. The Morgan fingerprint density at radius 2 is 1.65 bits per heavy atom. The Kier molecular flexibility index (Phi) is 9.48. The van der Waals surface area contributed by atoms with Crippen molar-refractivity contribution < 1.29 is 13.3 Å². The number of nitrogens with zero attached hydrogens (tertiary/aromatic N) is 4. The van der Waals surface area contributed by atoms with E-state index in [1.807, 2.05) is 55.5 Å². The van der Waals surface area contributed by atoms with E-state index < -0.39 is 21.0 Å². The molecule has 0 spiro atoms. The second-order valence-electron chi connectivity index (χ2n) is 9.67. The fourth-order valence-corrected chi connectivity index (χ4v) is 7.34. The van der Waals surface area contributed by atoms with Crippen LogP contribution in [-0.4, -0.2) is 28.1 Å². The van der Waals surface area contributed by atoms with Gasteiger partial charge in [0.1, 0.15) is 4.90 Å². The molecule has 1 atom stereocenters. The van der Waals surface area contributed by atoms with Crippen molar-refractivity contribution in [2.75, 3.05) is 0 Å². The zero-order chi connectivity index (χ0) is 30.6. The van der Waals surface area contributed by atoms with Gasteiger partial charge in [0.05, 0.1) is 16.0 Å². The first-order valence-electron chi connectivity index (χ1n) is 13.0.